The molecule has 0 aromatic heterocycles. The van der Waals surface area contributed by atoms with Gasteiger partial charge in [0.05, 0.1) is 6.21 Å². The van der Waals surface area contributed by atoms with Crippen LogP contribution in [0.25, 0.3) is 0 Å². The smallest absolute Gasteiger partial charge is 0.317 e. The first-order valence-corrected chi connectivity index (χ1v) is 4.68. The molecular formula is C9H7Cl2NO2. The zero-order valence-corrected chi connectivity index (χ0v) is 8.63. The lowest BCUT2D eigenvalue weighted by Gasteiger charge is -1.93. The zero-order chi connectivity index (χ0) is 10.4. The average Bonchev–Trinajstić information content (AvgIpc) is 2.21. The number of hydrogen-bond donors (Lipinski definition) is 0. The van der Waals surface area contributed by atoms with Crippen molar-refractivity contribution in [1.82, 2.24) is 0 Å². The third kappa shape index (κ3) is 3.77. The molecule has 0 heterocycles. The quantitative estimate of drug-likeness (QED) is 0.347. The molecule has 0 amide bonds. The minimum Gasteiger partial charge on any atom is -0.317 e. The van der Waals surface area contributed by atoms with Crippen LogP contribution < -0.4 is 0 Å². The summed E-state index contributed by atoms with van der Waals surface area (Å²) in [6.07, 6.45) is 1.40. The van der Waals surface area contributed by atoms with Gasteiger partial charge >= 0.3 is 5.97 Å². The van der Waals surface area contributed by atoms with E-state index in [4.69, 9.17) is 23.2 Å². The molecular weight excluding hydrogens is 225 g/mol. The molecule has 0 atom stereocenters. The van der Waals surface area contributed by atoms with Crippen molar-refractivity contribution in [2.75, 3.05) is 5.88 Å². The van der Waals surface area contributed by atoms with E-state index in [0.29, 0.717) is 5.02 Å². The summed E-state index contributed by atoms with van der Waals surface area (Å²) < 4.78 is 0. The van der Waals surface area contributed by atoms with Crippen molar-refractivity contribution in [1.29, 1.82) is 0 Å². The van der Waals surface area contributed by atoms with Gasteiger partial charge in [-0.15, -0.1) is 11.6 Å². The van der Waals surface area contributed by atoms with Crippen LogP contribution in [0.1, 0.15) is 5.56 Å². The number of hydrogen-bond acceptors (Lipinski definition) is 3. The number of carbonyl (C=O) groups excluding carboxylic acids is 1. The van der Waals surface area contributed by atoms with Crippen LogP contribution in [0.15, 0.2) is 29.4 Å². The Morgan fingerprint density at radius 1 is 1.43 bits per heavy atom. The summed E-state index contributed by atoms with van der Waals surface area (Å²) >= 11 is 10.9. The minimum atomic E-state index is -0.586. The van der Waals surface area contributed by atoms with E-state index in [-0.39, 0.29) is 5.88 Å². The van der Waals surface area contributed by atoms with Gasteiger partial charge in [-0.2, -0.15) is 0 Å². The Labute approximate surface area is 91.3 Å². The van der Waals surface area contributed by atoms with Gasteiger partial charge in [-0.25, -0.2) is 4.79 Å². The monoisotopic (exact) mass is 231 g/mol. The minimum absolute atomic E-state index is 0.210. The normalized spacial score (nSPS) is 10.4. The maximum Gasteiger partial charge on any atom is 0.349 e. The summed E-state index contributed by atoms with van der Waals surface area (Å²) in [6.45, 7) is 0. The molecule has 74 valence electrons. The highest BCUT2D eigenvalue weighted by atomic mass is 35.5. The van der Waals surface area contributed by atoms with Gasteiger partial charge in [0.1, 0.15) is 5.88 Å². The van der Waals surface area contributed by atoms with Gasteiger partial charge in [0.2, 0.25) is 0 Å². The van der Waals surface area contributed by atoms with E-state index in [2.05, 4.69) is 9.99 Å². The van der Waals surface area contributed by atoms with Gasteiger partial charge < -0.3 is 4.84 Å². The number of oxime groups is 1. The van der Waals surface area contributed by atoms with E-state index in [1.54, 1.807) is 24.3 Å². The third-order valence-electron chi connectivity index (χ3n) is 1.34. The van der Waals surface area contributed by atoms with Crippen LogP contribution in [0.4, 0.5) is 0 Å². The summed E-state index contributed by atoms with van der Waals surface area (Å²) in [7, 11) is 0. The Morgan fingerprint density at radius 2 is 2.07 bits per heavy atom. The predicted octanol–water partition coefficient (Wildman–Crippen LogP) is 2.46. The number of alkyl halides is 1. The van der Waals surface area contributed by atoms with Crippen molar-refractivity contribution in [3.05, 3.63) is 34.9 Å². The topological polar surface area (TPSA) is 38.7 Å². The van der Waals surface area contributed by atoms with Gasteiger partial charge in [-0.05, 0) is 17.7 Å². The molecule has 5 heteroatoms. The molecule has 0 N–H and O–H groups in total. The molecule has 0 aliphatic rings. The highest BCUT2D eigenvalue weighted by molar-refractivity contribution is 6.30. The Bertz CT molecular complexity index is 335. The van der Waals surface area contributed by atoms with Crippen LogP contribution in [0.3, 0.4) is 0 Å². The molecule has 14 heavy (non-hydrogen) atoms. The maximum absolute atomic E-state index is 10.6. The molecule has 0 aliphatic heterocycles. The van der Waals surface area contributed by atoms with Crippen LogP contribution in [0, 0.1) is 0 Å². The van der Waals surface area contributed by atoms with E-state index in [1.807, 2.05) is 0 Å². The number of rotatable bonds is 3. The van der Waals surface area contributed by atoms with E-state index in [1.165, 1.54) is 6.21 Å². The van der Waals surface area contributed by atoms with Gasteiger partial charge in [0.15, 0.2) is 0 Å². The van der Waals surface area contributed by atoms with E-state index in [0.717, 1.165) is 5.56 Å². The molecule has 0 saturated carbocycles. The van der Waals surface area contributed by atoms with E-state index in [9.17, 15) is 4.79 Å². The molecule has 0 saturated heterocycles. The molecule has 0 spiro atoms. The highest BCUT2D eigenvalue weighted by Gasteiger charge is 1.96. The fourth-order valence-electron chi connectivity index (χ4n) is 0.719. The van der Waals surface area contributed by atoms with Crippen molar-refractivity contribution in [2.45, 2.75) is 0 Å². The Morgan fingerprint density at radius 3 is 2.64 bits per heavy atom. The Kier molecular flexibility index (Phi) is 4.43. The largest absolute Gasteiger partial charge is 0.349 e. The second kappa shape index (κ2) is 5.62. The number of nitrogens with zero attached hydrogens (tertiary/aromatic N) is 1. The fourth-order valence-corrected chi connectivity index (χ4v) is 0.894. The molecule has 1 aromatic rings. The first-order valence-electron chi connectivity index (χ1n) is 3.77. The van der Waals surface area contributed by atoms with Crippen LogP contribution in [0.2, 0.25) is 5.02 Å². The summed E-state index contributed by atoms with van der Waals surface area (Å²) in [5.74, 6) is -0.797. The highest BCUT2D eigenvalue weighted by Crippen LogP contribution is 2.07. The lowest BCUT2D eigenvalue weighted by molar-refractivity contribution is -0.140. The van der Waals surface area contributed by atoms with Crippen molar-refractivity contribution >= 4 is 35.4 Å². The molecule has 0 fully saturated rings. The molecule has 3 nitrogen and oxygen atoms in total. The van der Waals surface area contributed by atoms with Crippen LogP contribution >= 0.6 is 23.2 Å². The lowest BCUT2D eigenvalue weighted by Crippen LogP contribution is -2.00. The average molecular weight is 232 g/mol. The summed E-state index contributed by atoms with van der Waals surface area (Å²) in [5.41, 5.74) is 0.789. The van der Waals surface area contributed by atoms with E-state index >= 15 is 0 Å². The third-order valence-corrected chi connectivity index (χ3v) is 1.81. The number of halogens is 2. The first kappa shape index (κ1) is 11.0. The number of carbonyl (C=O) groups is 1. The maximum atomic E-state index is 10.6. The first-order chi connectivity index (χ1) is 6.72. The summed E-state index contributed by atoms with van der Waals surface area (Å²) in [6, 6.07) is 6.93. The van der Waals surface area contributed by atoms with Crippen LogP contribution in [-0.2, 0) is 9.63 Å². The summed E-state index contributed by atoms with van der Waals surface area (Å²) in [4.78, 5) is 15.0. The number of benzene rings is 1. The molecule has 1 aromatic carbocycles. The van der Waals surface area contributed by atoms with Crippen LogP contribution in [-0.4, -0.2) is 18.1 Å². The SMILES string of the molecule is O=C(CCl)O/N=C/c1ccc(Cl)cc1. The second-order valence-corrected chi connectivity index (χ2v) is 3.09. The fraction of sp³-hybridized carbons (Fsp3) is 0.111. The van der Waals surface area contributed by atoms with Gasteiger partial charge in [-0.3, -0.25) is 0 Å². The summed E-state index contributed by atoms with van der Waals surface area (Å²) in [5, 5.41) is 4.08. The molecule has 1 rings (SSSR count). The van der Waals surface area contributed by atoms with Crippen molar-refractivity contribution in [3.63, 3.8) is 0 Å². The second-order valence-electron chi connectivity index (χ2n) is 2.38. The van der Waals surface area contributed by atoms with Crippen LogP contribution in [0.5, 0.6) is 0 Å². The van der Waals surface area contributed by atoms with Gasteiger partial charge in [0.25, 0.3) is 0 Å². The van der Waals surface area contributed by atoms with E-state index < -0.39 is 5.97 Å². The van der Waals surface area contributed by atoms with Crippen molar-refractivity contribution in [3.8, 4) is 0 Å². The molecule has 0 unspecified atom stereocenters. The molecule has 0 bridgehead atoms. The van der Waals surface area contributed by atoms with Crippen molar-refractivity contribution in [2.24, 2.45) is 5.16 Å². The standard InChI is InChI=1S/C9H7Cl2NO2/c10-5-9(13)14-12-6-7-1-3-8(11)4-2-7/h1-4,6H,5H2/b12-6+. The Balaban J connectivity index is 2.52. The molecule has 0 radical (unpaired) electrons. The molecule has 0 aliphatic carbocycles. The Hall–Kier alpha value is -1.06. The van der Waals surface area contributed by atoms with Gasteiger partial charge in [0, 0.05) is 5.02 Å². The zero-order valence-electron chi connectivity index (χ0n) is 7.11. The lowest BCUT2D eigenvalue weighted by atomic mass is 10.2. The van der Waals surface area contributed by atoms with Gasteiger partial charge in [-0.1, -0.05) is 28.9 Å². The van der Waals surface area contributed by atoms with Crippen molar-refractivity contribution < 1.29 is 9.63 Å². The predicted molar refractivity (Wildman–Crippen MR) is 55.9 cm³/mol.